The lowest BCUT2D eigenvalue weighted by molar-refractivity contribution is -0.141. The molecule has 0 spiro atoms. The smallest absolute Gasteiger partial charge is 0.243 e. The van der Waals surface area contributed by atoms with Crippen molar-refractivity contribution >= 4 is 11.8 Å². The minimum atomic E-state index is -0.654. The quantitative estimate of drug-likeness (QED) is 0.296. The highest BCUT2D eigenvalue weighted by atomic mass is 16.5. The van der Waals surface area contributed by atoms with Crippen LogP contribution in [-0.2, 0) is 29.0 Å². The van der Waals surface area contributed by atoms with Crippen LogP contribution in [0.25, 0.3) is 0 Å². The summed E-state index contributed by atoms with van der Waals surface area (Å²) in [5.41, 5.74) is 2.54. The maximum atomic E-state index is 13.9. The first-order chi connectivity index (χ1) is 18.7. The molecule has 1 N–H and O–H groups in total. The van der Waals surface area contributed by atoms with Crippen LogP contribution in [0.5, 0.6) is 11.5 Å². The summed E-state index contributed by atoms with van der Waals surface area (Å²) in [5, 5.41) is 3.11. The SMILES string of the molecule is CCOc1ccc(CCC(=O)N(Cc2ccccc2)[C@@H](Cc2ccccc2)C(=O)NC(C)(C)C)cc1OCC. The molecule has 2 amide bonds. The normalized spacial score (nSPS) is 11.9. The standard InChI is InChI=1S/C33H42N2O4/c1-6-38-29-20-18-26(23-30(29)39-7-2)19-21-31(36)35(24-27-16-12-9-13-17-27)28(32(37)34-33(3,4)5)22-25-14-10-8-11-15-25/h8-18,20,23,28H,6-7,19,21-22,24H2,1-5H3,(H,34,37)/t28-/m0/s1. The van der Waals surface area contributed by atoms with Gasteiger partial charge in [-0.15, -0.1) is 0 Å². The van der Waals surface area contributed by atoms with Crippen LogP contribution in [0, 0.1) is 0 Å². The van der Waals surface area contributed by atoms with E-state index < -0.39 is 11.6 Å². The Hall–Kier alpha value is -3.80. The minimum Gasteiger partial charge on any atom is -0.490 e. The van der Waals surface area contributed by atoms with Crippen LogP contribution in [0.3, 0.4) is 0 Å². The molecule has 0 aliphatic rings. The number of hydrogen-bond donors (Lipinski definition) is 1. The zero-order valence-electron chi connectivity index (χ0n) is 23.9. The highest BCUT2D eigenvalue weighted by molar-refractivity contribution is 5.88. The zero-order chi connectivity index (χ0) is 28.3. The molecular formula is C33H42N2O4. The number of amides is 2. The predicted molar refractivity (Wildman–Crippen MR) is 156 cm³/mol. The molecule has 0 saturated carbocycles. The molecule has 6 nitrogen and oxygen atoms in total. The summed E-state index contributed by atoms with van der Waals surface area (Å²) in [6, 6.07) is 24.8. The van der Waals surface area contributed by atoms with E-state index in [9.17, 15) is 9.59 Å². The Morgan fingerprint density at radius 3 is 1.97 bits per heavy atom. The van der Waals surface area contributed by atoms with E-state index in [2.05, 4.69) is 5.32 Å². The van der Waals surface area contributed by atoms with E-state index in [4.69, 9.17) is 9.47 Å². The fourth-order valence-electron chi connectivity index (χ4n) is 4.43. The Morgan fingerprint density at radius 2 is 1.38 bits per heavy atom. The van der Waals surface area contributed by atoms with Gasteiger partial charge in [0.2, 0.25) is 11.8 Å². The zero-order valence-corrected chi connectivity index (χ0v) is 23.9. The van der Waals surface area contributed by atoms with E-state index in [1.165, 1.54) is 0 Å². The first kappa shape index (κ1) is 29.8. The number of ether oxygens (including phenoxy) is 2. The number of carbonyl (C=O) groups is 2. The minimum absolute atomic E-state index is 0.0734. The molecule has 3 aromatic rings. The van der Waals surface area contributed by atoms with Crippen molar-refractivity contribution in [2.45, 2.75) is 72.0 Å². The Bertz CT molecular complexity index is 1190. The van der Waals surface area contributed by atoms with Crippen molar-refractivity contribution in [3.8, 4) is 11.5 Å². The number of rotatable bonds is 13. The lowest BCUT2D eigenvalue weighted by Crippen LogP contribution is -2.54. The number of aryl methyl sites for hydroxylation is 1. The molecule has 0 heterocycles. The molecule has 0 fully saturated rings. The van der Waals surface area contributed by atoms with Crippen LogP contribution in [0.15, 0.2) is 78.9 Å². The van der Waals surface area contributed by atoms with Crippen molar-refractivity contribution in [3.05, 3.63) is 95.6 Å². The fraction of sp³-hybridized carbons (Fsp3) is 0.394. The summed E-state index contributed by atoms with van der Waals surface area (Å²) in [7, 11) is 0. The molecule has 0 aromatic heterocycles. The average molecular weight is 531 g/mol. The molecule has 0 bridgehead atoms. The number of benzene rings is 3. The summed E-state index contributed by atoms with van der Waals surface area (Å²) in [4.78, 5) is 29.3. The summed E-state index contributed by atoms with van der Waals surface area (Å²) >= 11 is 0. The third-order valence-electron chi connectivity index (χ3n) is 6.20. The fourth-order valence-corrected chi connectivity index (χ4v) is 4.43. The van der Waals surface area contributed by atoms with Gasteiger partial charge in [0.1, 0.15) is 6.04 Å². The molecule has 0 unspecified atom stereocenters. The van der Waals surface area contributed by atoms with E-state index in [0.29, 0.717) is 44.1 Å². The molecule has 208 valence electrons. The van der Waals surface area contributed by atoms with Gasteiger partial charge in [0, 0.05) is 24.9 Å². The van der Waals surface area contributed by atoms with Gasteiger partial charge in [0.15, 0.2) is 11.5 Å². The van der Waals surface area contributed by atoms with E-state index in [1.54, 1.807) is 4.90 Å². The van der Waals surface area contributed by atoms with Gasteiger partial charge in [-0.25, -0.2) is 0 Å². The molecule has 3 rings (SSSR count). The van der Waals surface area contributed by atoms with Gasteiger partial charge in [-0.3, -0.25) is 9.59 Å². The Balaban J connectivity index is 1.89. The van der Waals surface area contributed by atoms with E-state index in [-0.39, 0.29) is 18.2 Å². The van der Waals surface area contributed by atoms with Crippen LogP contribution in [0.1, 0.15) is 57.7 Å². The lowest BCUT2D eigenvalue weighted by atomic mass is 9.99. The number of nitrogens with one attached hydrogen (secondary N) is 1. The predicted octanol–water partition coefficient (Wildman–Crippen LogP) is 5.97. The Labute approximate surface area is 233 Å². The van der Waals surface area contributed by atoms with Crippen LogP contribution in [0.4, 0.5) is 0 Å². The van der Waals surface area contributed by atoms with Gasteiger partial charge >= 0.3 is 0 Å². The van der Waals surface area contributed by atoms with Crippen LogP contribution in [0.2, 0.25) is 0 Å². The Kier molecular flexibility index (Phi) is 11.0. The topological polar surface area (TPSA) is 67.9 Å². The summed E-state index contributed by atoms with van der Waals surface area (Å²) in [5.74, 6) is 1.14. The monoisotopic (exact) mass is 530 g/mol. The maximum Gasteiger partial charge on any atom is 0.243 e. The summed E-state index contributed by atoms with van der Waals surface area (Å²) in [6.07, 6.45) is 1.22. The van der Waals surface area contributed by atoms with Gasteiger partial charge in [-0.05, 0) is 69.9 Å². The highest BCUT2D eigenvalue weighted by Crippen LogP contribution is 2.29. The Morgan fingerprint density at radius 1 is 0.795 bits per heavy atom. The second-order valence-electron chi connectivity index (χ2n) is 10.6. The van der Waals surface area contributed by atoms with Crippen molar-refractivity contribution in [3.63, 3.8) is 0 Å². The largest absolute Gasteiger partial charge is 0.490 e. The van der Waals surface area contributed by atoms with Crippen molar-refractivity contribution < 1.29 is 19.1 Å². The number of hydrogen-bond acceptors (Lipinski definition) is 4. The van der Waals surface area contributed by atoms with Crippen LogP contribution in [-0.4, -0.2) is 41.5 Å². The molecule has 3 aromatic carbocycles. The van der Waals surface area contributed by atoms with Crippen molar-refractivity contribution in [2.75, 3.05) is 13.2 Å². The van der Waals surface area contributed by atoms with Gasteiger partial charge in [-0.2, -0.15) is 0 Å². The van der Waals surface area contributed by atoms with Crippen LogP contribution >= 0.6 is 0 Å². The molecule has 1 atom stereocenters. The lowest BCUT2D eigenvalue weighted by Gasteiger charge is -2.34. The van der Waals surface area contributed by atoms with Gasteiger partial charge < -0.3 is 19.7 Å². The number of carbonyl (C=O) groups excluding carboxylic acids is 2. The van der Waals surface area contributed by atoms with Crippen molar-refractivity contribution in [1.82, 2.24) is 10.2 Å². The summed E-state index contributed by atoms with van der Waals surface area (Å²) in [6.45, 7) is 11.2. The van der Waals surface area contributed by atoms with Gasteiger partial charge in [0.05, 0.1) is 13.2 Å². The molecule has 6 heteroatoms. The third kappa shape index (κ3) is 9.47. The summed E-state index contributed by atoms with van der Waals surface area (Å²) < 4.78 is 11.5. The second kappa shape index (κ2) is 14.4. The van der Waals surface area contributed by atoms with E-state index in [0.717, 1.165) is 16.7 Å². The molecule has 39 heavy (non-hydrogen) atoms. The third-order valence-corrected chi connectivity index (χ3v) is 6.20. The molecule has 0 saturated heterocycles. The van der Waals surface area contributed by atoms with E-state index in [1.807, 2.05) is 113 Å². The number of nitrogens with zero attached hydrogens (tertiary/aromatic N) is 1. The van der Waals surface area contributed by atoms with Crippen molar-refractivity contribution in [1.29, 1.82) is 0 Å². The molecule has 0 aliphatic carbocycles. The van der Waals surface area contributed by atoms with Crippen molar-refractivity contribution in [2.24, 2.45) is 0 Å². The van der Waals surface area contributed by atoms with Gasteiger partial charge in [-0.1, -0.05) is 66.7 Å². The second-order valence-corrected chi connectivity index (χ2v) is 10.6. The average Bonchev–Trinajstić information content (AvgIpc) is 2.91. The van der Waals surface area contributed by atoms with Gasteiger partial charge in [0.25, 0.3) is 0 Å². The first-order valence-electron chi connectivity index (χ1n) is 13.8. The molecule has 0 radical (unpaired) electrons. The van der Waals surface area contributed by atoms with E-state index >= 15 is 0 Å². The van der Waals surface area contributed by atoms with Crippen LogP contribution < -0.4 is 14.8 Å². The molecular weight excluding hydrogens is 488 g/mol. The maximum absolute atomic E-state index is 13.9. The first-order valence-corrected chi connectivity index (χ1v) is 13.8. The highest BCUT2D eigenvalue weighted by Gasteiger charge is 2.32. The molecule has 0 aliphatic heterocycles.